The Labute approximate surface area is 101 Å². The van der Waals surface area contributed by atoms with Crippen LogP contribution >= 0.6 is 0 Å². The van der Waals surface area contributed by atoms with Crippen LogP contribution in [0.2, 0.25) is 0 Å². The second kappa shape index (κ2) is 5.29. The number of sulfonamides is 1. The number of aryl methyl sites for hydroxylation is 1. The van der Waals surface area contributed by atoms with E-state index in [1.54, 1.807) is 12.1 Å². The van der Waals surface area contributed by atoms with Gasteiger partial charge >= 0.3 is 5.97 Å². The number of benzene rings is 1. The van der Waals surface area contributed by atoms with E-state index in [0.29, 0.717) is 0 Å². The monoisotopic (exact) mass is 257 g/mol. The van der Waals surface area contributed by atoms with Gasteiger partial charge in [0.25, 0.3) is 0 Å². The summed E-state index contributed by atoms with van der Waals surface area (Å²) in [6, 6.07) is 7.29. The molecule has 17 heavy (non-hydrogen) atoms. The third-order valence-corrected chi connectivity index (χ3v) is 3.58. The standard InChI is InChI=1S/C11H15NO4S/c1-9-5-3-4-6-10(9)7-12(8-11(13)14)17(2,15)16/h3-6H,7-8H2,1-2H3,(H,13,14). The summed E-state index contributed by atoms with van der Waals surface area (Å²) >= 11 is 0. The molecule has 1 rings (SSSR count). The van der Waals surface area contributed by atoms with Crippen molar-refractivity contribution in [2.24, 2.45) is 0 Å². The Kier molecular flexibility index (Phi) is 4.25. The molecule has 0 aromatic heterocycles. The zero-order chi connectivity index (χ0) is 13.1. The molecule has 0 fully saturated rings. The molecule has 0 radical (unpaired) electrons. The van der Waals surface area contributed by atoms with Crippen molar-refractivity contribution in [3.63, 3.8) is 0 Å². The second-order valence-electron chi connectivity index (χ2n) is 3.85. The molecule has 0 saturated heterocycles. The highest BCUT2D eigenvalue weighted by molar-refractivity contribution is 7.88. The first-order valence-corrected chi connectivity index (χ1v) is 6.87. The van der Waals surface area contributed by atoms with Crippen LogP contribution < -0.4 is 0 Å². The van der Waals surface area contributed by atoms with E-state index in [4.69, 9.17) is 5.11 Å². The van der Waals surface area contributed by atoms with Crippen molar-refractivity contribution in [1.82, 2.24) is 4.31 Å². The summed E-state index contributed by atoms with van der Waals surface area (Å²) in [5.74, 6) is -1.16. The minimum absolute atomic E-state index is 0.0812. The summed E-state index contributed by atoms with van der Waals surface area (Å²) in [7, 11) is -3.52. The van der Waals surface area contributed by atoms with Gasteiger partial charge in [-0.3, -0.25) is 4.79 Å². The normalized spacial score (nSPS) is 11.7. The molecule has 0 bridgehead atoms. The van der Waals surface area contributed by atoms with E-state index in [9.17, 15) is 13.2 Å². The van der Waals surface area contributed by atoms with Crippen molar-refractivity contribution < 1.29 is 18.3 Å². The van der Waals surface area contributed by atoms with Crippen LogP contribution in [0.15, 0.2) is 24.3 Å². The average molecular weight is 257 g/mol. The lowest BCUT2D eigenvalue weighted by Gasteiger charge is -2.18. The van der Waals surface area contributed by atoms with Gasteiger partial charge in [0.15, 0.2) is 0 Å². The molecule has 1 aromatic rings. The molecule has 1 aromatic carbocycles. The Bertz CT molecular complexity index is 510. The molecule has 0 aliphatic heterocycles. The third-order valence-electron chi connectivity index (χ3n) is 2.39. The minimum Gasteiger partial charge on any atom is -0.480 e. The smallest absolute Gasteiger partial charge is 0.318 e. The first-order chi connectivity index (χ1) is 7.80. The number of carboxylic acids is 1. The molecule has 1 N–H and O–H groups in total. The number of carbonyl (C=O) groups is 1. The van der Waals surface area contributed by atoms with Gasteiger partial charge in [0, 0.05) is 6.54 Å². The highest BCUT2D eigenvalue weighted by Gasteiger charge is 2.20. The molecule has 0 heterocycles. The van der Waals surface area contributed by atoms with Gasteiger partial charge < -0.3 is 5.11 Å². The van der Waals surface area contributed by atoms with Crippen molar-refractivity contribution in [3.05, 3.63) is 35.4 Å². The Morgan fingerprint density at radius 2 is 1.94 bits per heavy atom. The Hall–Kier alpha value is -1.40. The molecule has 0 amide bonds. The minimum atomic E-state index is -3.52. The van der Waals surface area contributed by atoms with Gasteiger partial charge in [0.05, 0.1) is 6.26 Å². The van der Waals surface area contributed by atoms with Crippen LogP contribution in [-0.4, -0.2) is 36.6 Å². The first kappa shape index (κ1) is 13.7. The summed E-state index contributed by atoms with van der Waals surface area (Å²) < 4.78 is 23.8. The number of aliphatic carboxylic acids is 1. The number of hydrogen-bond acceptors (Lipinski definition) is 3. The van der Waals surface area contributed by atoms with Gasteiger partial charge in [-0.05, 0) is 18.1 Å². The predicted octanol–water partition coefficient (Wildman–Crippen LogP) is 0.841. The molecule has 0 spiro atoms. The molecular formula is C11H15NO4S. The lowest BCUT2D eigenvalue weighted by molar-refractivity contribution is -0.137. The molecule has 0 saturated carbocycles. The van der Waals surface area contributed by atoms with E-state index in [0.717, 1.165) is 21.7 Å². The van der Waals surface area contributed by atoms with Crippen LogP contribution in [0.4, 0.5) is 0 Å². The van der Waals surface area contributed by atoms with Crippen LogP contribution in [-0.2, 0) is 21.4 Å². The number of nitrogens with zero attached hydrogens (tertiary/aromatic N) is 1. The average Bonchev–Trinajstić information content (AvgIpc) is 2.18. The van der Waals surface area contributed by atoms with Crippen LogP contribution in [0, 0.1) is 6.92 Å². The van der Waals surface area contributed by atoms with Crippen molar-refractivity contribution in [2.45, 2.75) is 13.5 Å². The molecule has 5 nitrogen and oxygen atoms in total. The second-order valence-corrected chi connectivity index (χ2v) is 5.83. The lowest BCUT2D eigenvalue weighted by Crippen LogP contribution is -2.34. The highest BCUT2D eigenvalue weighted by atomic mass is 32.2. The molecule has 0 aliphatic rings. The fourth-order valence-electron chi connectivity index (χ4n) is 1.42. The van der Waals surface area contributed by atoms with Gasteiger partial charge in [-0.25, -0.2) is 8.42 Å². The van der Waals surface area contributed by atoms with Crippen LogP contribution in [0.25, 0.3) is 0 Å². The molecular weight excluding hydrogens is 242 g/mol. The maximum absolute atomic E-state index is 11.4. The first-order valence-electron chi connectivity index (χ1n) is 5.02. The Balaban J connectivity index is 2.95. The molecule has 0 atom stereocenters. The van der Waals surface area contributed by atoms with Crippen molar-refractivity contribution in [1.29, 1.82) is 0 Å². The van der Waals surface area contributed by atoms with Gasteiger partial charge in [0.1, 0.15) is 6.54 Å². The summed E-state index contributed by atoms with van der Waals surface area (Å²) in [5, 5.41) is 8.69. The predicted molar refractivity (Wildman–Crippen MR) is 64.1 cm³/mol. The zero-order valence-corrected chi connectivity index (χ0v) is 10.6. The summed E-state index contributed by atoms with van der Waals surface area (Å²) in [6.07, 6.45) is 1.01. The van der Waals surface area contributed by atoms with Crippen molar-refractivity contribution in [2.75, 3.05) is 12.8 Å². The quantitative estimate of drug-likeness (QED) is 0.848. The maximum atomic E-state index is 11.4. The topological polar surface area (TPSA) is 74.7 Å². The molecule has 6 heteroatoms. The number of carboxylic acid groups (broad SMARTS) is 1. The molecule has 0 aliphatic carbocycles. The fraction of sp³-hybridized carbons (Fsp3) is 0.364. The zero-order valence-electron chi connectivity index (χ0n) is 9.75. The van der Waals surface area contributed by atoms with E-state index < -0.39 is 22.5 Å². The summed E-state index contributed by atoms with van der Waals surface area (Å²) in [4.78, 5) is 10.6. The lowest BCUT2D eigenvalue weighted by atomic mass is 10.1. The Morgan fingerprint density at radius 1 is 1.35 bits per heavy atom. The summed E-state index contributed by atoms with van der Waals surface area (Å²) in [5.41, 5.74) is 1.74. The molecule has 0 unspecified atom stereocenters. The number of hydrogen-bond donors (Lipinski definition) is 1. The number of rotatable bonds is 5. The molecule has 94 valence electrons. The van der Waals surface area contributed by atoms with E-state index in [2.05, 4.69) is 0 Å². The SMILES string of the molecule is Cc1ccccc1CN(CC(=O)O)S(C)(=O)=O. The summed E-state index contributed by atoms with van der Waals surface area (Å²) in [6.45, 7) is 1.42. The van der Waals surface area contributed by atoms with Crippen molar-refractivity contribution >= 4 is 16.0 Å². The van der Waals surface area contributed by atoms with Gasteiger partial charge in [-0.15, -0.1) is 0 Å². The van der Waals surface area contributed by atoms with Crippen LogP contribution in [0.5, 0.6) is 0 Å². The maximum Gasteiger partial charge on any atom is 0.318 e. The third kappa shape index (κ3) is 4.16. The van der Waals surface area contributed by atoms with Gasteiger partial charge in [-0.2, -0.15) is 4.31 Å². The van der Waals surface area contributed by atoms with Gasteiger partial charge in [-0.1, -0.05) is 24.3 Å². The van der Waals surface area contributed by atoms with E-state index in [1.165, 1.54) is 0 Å². The van der Waals surface area contributed by atoms with E-state index in [1.807, 2.05) is 19.1 Å². The largest absolute Gasteiger partial charge is 0.480 e. The fourth-order valence-corrected chi connectivity index (χ4v) is 2.14. The van der Waals surface area contributed by atoms with Crippen LogP contribution in [0.1, 0.15) is 11.1 Å². The van der Waals surface area contributed by atoms with Crippen molar-refractivity contribution in [3.8, 4) is 0 Å². The van der Waals surface area contributed by atoms with Gasteiger partial charge in [0.2, 0.25) is 10.0 Å². The Morgan fingerprint density at radius 3 is 2.41 bits per heavy atom. The van der Waals surface area contributed by atoms with E-state index in [-0.39, 0.29) is 6.54 Å². The van der Waals surface area contributed by atoms with E-state index >= 15 is 0 Å². The van der Waals surface area contributed by atoms with Crippen LogP contribution in [0.3, 0.4) is 0 Å². The highest BCUT2D eigenvalue weighted by Crippen LogP contribution is 2.12.